The number of hydrogen-bond acceptors (Lipinski definition) is 5. The van der Waals surface area contributed by atoms with E-state index < -0.39 is 16.1 Å². The minimum absolute atomic E-state index is 0.0860. The van der Waals surface area contributed by atoms with E-state index in [0.29, 0.717) is 0 Å². The average molecular weight is 301 g/mol. The minimum atomic E-state index is -3.55. The molecule has 7 nitrogen and oxygen atoms in total. The van der Waals surface area contributed by atoms with Crippen LogP contribution in [0.3, 0.4) is 0 Å². The van der Waals surface area contributed by atoms with Gasteiger partial charge in [0.2, 0.25) is 15.9 Å². The average Bonchev–Trinajstić information content (AvgIpc) is 2.44. The lowest BCUT2D eigenvalue weighted by atomic mass is 10.3. The third kappa shape index (κ3) is 5.25. The van der Waals surface area contributed by atoms with E-state index in [1.54, 1.807) is 18.2 Å². The molecule has 1 amide bonds. The molecule has 0 aliphatic heterocycles. The van der Waals surface area contributed by atoms with E-state index in [1.807, 2.05) is 0 Å². The largest absolute Gasteiger partial charge is 0.383 e. The highest BCUT2D eigenvalue weighted by atomic mass is 32.2. The van der Waals surface area contributed by atoms with Crippen LogP contribution in [-0.4, -0.2) is 47.2 Å². The molecule has 0 bridgehead atoms. The van der Waals surface area contributed by atoms with Gasteiger partial charge in [-0.15, -0.1) is 0 Å². The van der Waals surface area contributed by atoms with E-state index in [0.717, 1.165) is 0 Å². The smallest absolute Gasteiger partial charge is 0.240 e. The Morgan fingerprint density at radius 3 is 2.55 bits per heavy atom. The van der Waals surface area contributed by atoms with Crippen molar-refractivity contribution in [3.63, 3.8) is 0 Å². The molecule has 4 N–H and O–H groups in total. The van der Waals surface area contributed by atoms with Crippen LogP contribution < -0.4 is 15.8 Å². The Labute approximate surface area is 118 Å². The zero-order chi connectivity index (χ0) is 15.0. The second-order valence-corrected chi connectivity index (χ2v) is 5.83. The van der Waals surface area contributed by atoms with Crippen molar-refractivity contribution in [2.75, 3.05) is 26.8 Å². The zero-order valence-electron chi connectivity index (χ0n) is 11.2. The summed E-state index contributed by atoms with van der Waals surface area (Å²) in [4.78, 5) is 11.6. The number of nitrogens with one attached hydrogen (secondary N) is 2. The molecular formula is C12H19N3O4S. The standard InChI is InChI=1S/C12H19N3O4S/c1-19-9-11(13)12(16)14-7-8-15-20(17,18)10-5-3-2-4-6-10/h2-6,11,15H,7-9,13H2,1H3,(H,14,16). The summed E-state index contributed by atoms with van der Waals surface area (Å²) in [5.74, 6) is -0.384. The van der Waals surface area contributed by atoms with E-state index in [2.05, 4.69) is 10.0 Å². The zero-order valence-corrected chi connectivity index (χ0v) is 12.0. The molecule has 0 saturated heterocycles. The maximum absolute atomic E-state index is 11.8. The molecule has 1 rings (SSSR count). The van der Waals surface area contributed by atoms with E-state index in [-0.39, 0.29) is 30.5 Å². The second-order valence-electron chi connectivity index (χ2n) is 4.06. The van der Waals surface area contributed by atoms with Crippen LogP contribution in [0.5, 0.6) is 0 Å². The summed E-state index contributed by atoms with van der Waals surface area (Å²) in [7, 11) is -2.10. The number of hydrogen-bond donors (Lipinski definition) is 3. The van der Waals surface area contributed by atoms with Gasteiger partial charge < -0.3 is 15.8 Å². The molecule has 20 heavy (non-hydrogen) atoms. The van der Waals surface area contributed by atoms with Gasteiger partial charge in [0, 0.05) is 20.2 Å². The van der Waals surface area contributed by atoms with Gasteiger partial charge in [-0.05, 0) is 12.1 Å². The van der Waals surface area contributed by atoms with Crippen LogP contribution in [0.1, 0.15) is 0 Å². The maximum atomic E-state index is 11.8. The van der Waals surface area contributed by atoms with Gasteiger partial charge in [-0.3, -0.25) is 4.79 Å². The van der Waals surface area contributed by atoms with Crippen molar-refractivity contribution >= 4 is 15.9 Å². The molecule has 0 heterocycles. The van der Waals surface area contributed by atoms with Crippen LogP contribution in [-0.2, 0) is 19.6 Å². The van der Waals surface area contributed by atoms with Crippen LogP contribution in [0.4, 0.5) is 0 Å². The first-order chi connectivity index (χ1) is 9.47. The SMILES string of the molecule is COCC(N)C(=O)NCCNS(=O)(=O)c1ccccc1. The summed E-state index contributed by atoms with van der Waals surface area (Å²) in [6.07, 6.45) is 0. The monoisotopic (exact) mass is 301 g/mol. The molecule has 1 atom stereocenters. The number of ether oxygens (including phenoxy) is 1. The summed E-state index contributed by atoms with van der Waals surface area (Å²) in [6.45, 7) is 0.354. The summed E-state index contributed by atoms with van der Waals surface area (Å²) < 4.78 is 30.8. The first-order valence-corrected chi connectivity index (χ1v) is 7.52. The second kappa shape index (κ2) is 7.95. The number of amides is 1. The van der Waals surface area contributed by atoms with Crippen LogP contribution in [0, 0.1) is 0 Å². The Hall–Kier alpha value is -1.48. The van der Waals surface area contributed by atoms with Gasteiger partial charge in [0.25, 0.3) is 0 Å². The Morgan fingerprint density at radius 1 is 1.30 bits per heavy atom. The predicted molar refractivity (Wildman–Crippen MR) is 74.5 cm³/mol. The molecule has 0 saturated carbocycles. The molecular weight excluding hydrogens is 282 g/mol. The number of benzene rings is 1. The lowest BCUT2D eigenvalue weighted by Crippen LogP contribution is -2.45. The molecule has 1 aromatic rings. The number of nitrogens with two attached hydrogens (primary N) is 1. The predicted octanol–water partition coefficient (Wildman–Crippen LogP) is -0.945. The quantitative estimate of drug-likeness (QED) is 0.536. The molecule has 112 valence electrons. The van der Waals surface area contributed by atoms with Crippen LogP contribution in [0.15, 0.2) is 35.2 Å². The molecule has 0 aliphatic rings. The maximum Gasteiger partial charge on any atom is 0.240 e. The van der Waals surface area contributed by atoms with Gasteiger partial charge in [0.05, 0.1) is 11.5 Å². The third-order valence-electron chi connectivity index (χ3n) is 2.45. The van der Waals surface area contributed by atoms with Gasteiger partial charge in [0.1, 0.15) is 6.04 Å². The number of sulfonamides is 1. The molecule has 1 aromatic carbocycles. The van der Waals surface area contributed by atoms with Crippen molar-refractivity contribution in [1.82, 2.24) is 10.0 Å². The van der Waals surface area contributed by atoms with E-state index >= 15 is 0 Å². The molecule has 0 aliphatic carbocycles. The van der Waals surface area contributed by atoms with Crippen molar-refractivity contribution in [3.05, 3.63) is 30.3 Å². The lowest BCUT2D eigenvalue weighted by Gasteiger charge is -2.11. The Bertz CT molecular complexity index is 519. The molecule has 0 aromatic heterocycles. The van der Waals surface area contributed by atoms with Gasteiger partial charge >= 0.3 is 0 Å². The van der Waals surface area contributed by atoms with E-state index in [9.17, 15) is 13.2 Å². The highest BCUT2D eigenvalue weighted by molar-refractivity contribution is 7.89. The Morgan fingerprint density at radius 2 is 1.95 bits per heavy atom. The number of rotatable bonds is 8. The fourth-order valence-corrected chi connectivity index (χ4v) is 2.49. The number of carbonyl (C=O) groups is 1. The number of methoxy groups -OCH3 is 1. The van der Waals surface area contributed by atoms with Gasteiger partial charge in [0.15, 0.2) is 0 Å². The highest BCUT2D eigenvalue weighted by Gasteiger charge is 2.14. The lowest BCUT2D eigenvalue weighted by molar-refractivity contribution is -0.123. The first-order valence-electron chi connectivity index (χ1n) is 6.04. The van der Waals surface area contributed by atoms with Crippen molar-refractivity contribution < 1.29 is 17.9 Å². The van der Waals surface area contributed by atoms with Crippen molar-refractivity contribution in [2.45, 2.75) is 10.9 Å². The Balaban J connectivity index is 2.36. The summed E-state index contributed by atoms with van der Waals surface area (Å²) in [6, 6.07) is 7.24. The molecule has 8 heteroatoms. The molecule has 1 unspecified atom stereocenters. The minimum Gasteiger partial charge on any atom is -0.383 e. The molecule has 0 radical (unpaired) electrons. The van der Waals surface area contributed by atoms with Gasteiger partial charge in [-0.1, -0.05) is 18.2 Å². The van der Waals surface area contributed by atoms with Gasteiger partial charge in [-0.2, -0.15) is 0 Å². The summed E-state index contributed by atoms with van der Waals surface area (Å²) in [5.41, 5.74) is 5.51. The number of carbonyl (C=O) groups excluding carboxylic acids is 1. The van der Waals surface area contributed by atoms with E-state index in [4.69, 9.17) is 10.5 Å². The summed E-state index contributed by atoms with van der Waals surface area (Å²) in [5, 5.41) is 2.52. The topological polar surface area (TPSA) is 111 Å². The van der Waals surface area contributed by atoms with Crippen molar-refractivity contribution in [2.24, 2.45) is 5.73 Å². The first kappa shape index (κ1) is 16.6. The third-order valence-corrected chi connectivity index (χ3v) is 3.93. The highest BCUT2D eigenvalue weighted by Crippen LogP contribution is 2.06. The van der Waals surface area contributed by atoms with Crippen LogP contribution in [0.25, 0.3) is 0 Å². The van der Waals surface area contributed by atoms with Crippen molar-refractivity contribution in [3.8, 4) is 0 Å². The summed E-state index contributed by atoms with van der Waals surface area (Å²) >= 11 is 0. The molecule has 0 spiro atoms. The van der Waals surface area contributed by atoms with Crippen LogP contribution in [0.2, 0.25) is 0 Å². The van der Waals surface area contributed by atoms with E-state index in [1.165, 1.54) is 19.2 Å². The normalized spacial score (nSPS) is 12.9. The molecule has 0 fully saturated rings. The van der Waals surface area contributed by atoms with Gasteiger partial charge in [-0.25, -0.2) is 13.1 Å². The Kier molecular flexibility index (Phi) is 6.59. The fourth-order valence-electron chi connectivity index (χ4n) is 1.44. The van der Waals surface area contributed by atoms with Crippen LogP contribution >= 0.6 is 0 Å². The van der Waals surface area contributed by atoms with Crippen molar-refractivity contribution in [1.29, 1.82) is 0 Å². The fraction of sp³-hybridized carbons (Fsp3) is 0.417.